The molecule has 2 aliphatic heterocycles. The fourth-order valence-corrected chi connectivity index (χ4v) is 4.91. The first-order valence-corrected chi connectivity index (χ1v) is 12.5. The fraction of sp³-hybridized carbons (Fsp3) is 0.385. The third-order valence-corrected chi connectivity index (χ3v) is 7.15. The summed E-state index contributed by atoms with van der Waals surface area (Å²) < 4.78 is 30.2. The summed E-state index contributed by atoms with van der Waals surface area (Å²) in [6, 6.07) is 13.9. The van der Waals surface area contributed by atoms with Gasteiger partial charge in [-0.2, -0.15) is 4.98 Å². The third-order valence-electron chi connectivity index (χ3n) is 6.87. The van der Waals surface area contributed by atoms with Gasteiger partial charge in [-0.3, -0.25) is 4.90 Å². The molecule has 1 radical (unpaired) electrons. The second kappa shape index (κ2) is 10.9. The maximum atomic E-state index is 15.1. The first-order chi connectivity index (χ1) is 17.5. The van der Waals surface area contributed by atoms with Gasteiger partial charge in [-0.15, -0.1) is 0 Å². The van der Waals surface area contributed by atoms with E-state index in [-0.39, 0.29) is 17.3 Å². The molecule has 2 N–H and O–H groups in total. The molecule has 36 heavy (non-hydrogen) atoms. The number of piperidine rings is 1. The molecule has 0 spiro atoms. The van der Waals surface area contributed by atoms with Crippen LogP contribution in [0.15, 0.2) is 42.6 Å². The second-order valence-electron chi connectivity index (χ2n) is 9.23. The lowest BCUT2D eigenvalue weighted by Crippen LogP contribution is -2.52. The Labute approximate surface area is 215 Å². The molecule has 2 fully saturated rings. The molecule has 0 amide bonds. The highest BCUT2D eigenvalue weighted by Gasteiger charge is 2.28. The van der Waals surface area contributed by atoms with Crippen molar-refractivity contribution in [2.75, 3.05) is 61.8 Å². The molecule has 7 nitrogen and oxygen atoms in total. The van der Waals surface area contributed by atoms with Crippen LogP contribution in [-0.4, -0.2) is 72.1 Å². The molecule has 2 saturated heterocycles. The van der Waals surface area contributed by atoms with E-state index in [1.807, 2.05) is 23.1 Å². The largest absolute Gasteiger partial charge is 0.369 e. The molecule has 0 saturated carbocycles. The van der Waals surface area contributed by atoms with Crippen LogP contribution in [0.3, 0.4) is 0 Å². The van der Waals surface area contributed by atoms with Gasteiger partial charge in [0.1, 0.15) is 5.02 Å². The Morgan fingerprint density at radius 2 is 1.75 bits per heavy atom. The van der Waals surface area contributed by atoms with Crippen LogP contribution in [-0.2, 0) is 0 Å². The quantitative estimate of drug-likeness (QED) is 0.486. The summed E-state index contributed by atoms with van der Waals surface area (Å²) in [6.45, 7) is 5.69. The van der Waals surface area contributed by atoms with Gasteiger partial charge in [0.15, 0.2) is 17.5 Å². The van der Waals surface area contributed by atoms with E-state index in [1.54, 1.807) is 12.1 Å². The molecule has 3 heterocycles. The zero-order valence-electron chi connectivity index (χ0n) is 20.1. The SMILES string of the molecule is CN1CCN(C2CCN(c3ccc(Nc4ncc(Cl)c(Nc5[c]cccc5)n4)c(F)c3F)CC2)CC1. The summed E-state index contributed by atoms with van der Waals surface area (Å²) in [6.07, 6.45) is 3.28. The van der Waals surface area contributed by atoms with Crippen molar-refractivity contribution in [2.45, 2.75) is 18.9 Å². The second-order valence-corrected chi connectivity index (χ2v) is 9.64. The van der Waals surface area contributed by atoms with Gasteiger partial charge >= 0.3 is 0 Å². The van der Waals surface area contributed by atoms with Crippen LogP contribution in [0.4, 0.5) is 37.6 Å². The minimum atomic E-state index is -0.960. The molecular formula is C26H29ClF2N7. The smallest absolute Gasteiger partial charge is 0.229 e. The number of aromatic nitrogens is 2. The molecule has 1 aromatic heterocycles. The summed E-state index contributed by atoms with van der Waals surface area (Å²) in [4.78, 5) is 15.2. The lowest BCUT2D eigenvalue weighted by atomic mass is 10.0. The molecule has 0 bridgehead atoms. The topological polar surface area (TPSA) is 59.6 Å². The van der Waals surface area contributed by atoms with Crippen LogP contribution in [0.25, 0.3) is 0 Å². The summed E-state index contributed by atoms with van der Waals surface area (Å²) in [7, 11) is 2.15. The third kappa shape index (κ3) is 5.53. The lowest BCUT2D eigenvalue weighted by Gasteiger charge is -2.42. The Morgan fingerprint density at radius 3 is 2.47 bits per heavy atom. The number of nitrogens with one attached hydrogen (secondary N) is 2. The minimum Gasteiger partial charge on any atom is -0.369 e. The van der Waals surface area contributed by atoms with Gasteiger partial charge in [-0.05, 0) is 38.1 Å². The molecule has 0 unspecified atom stereocenters. The standard InChI is InChI=1S/C26H29ClF2N7/c1-34-13-15-35(16-14-34)19-9-11-36(12-10-19)22-8-7-21(23(28)24(22)29)32-26-30-17-20(27)25(33-26)31-18-5-3-2-4-6-18/h2-5,7-8,17,19H,9-16H2,1H3,(H2,30,31,32,33). The van der Waals surface area contributed by atoms with Crippen LogP contribution >= 0.6 is 11.6 Å². The van der Waals surface area contributed by atoms with Gasteiger partial charge in [-0.1, -0.05) is 29.8 Å². The average Bonchev–Trinajstić information content (AvgIpc) is 2.90. The van der Waals surface area contributed by atoms with E-state index in [9.17, 15) is 0 Å². The molecule has 189 valence electrons. The number of benzene rings is 2. The summed E-state index contributed by atoms with van der Waals surface area (Å²) >= 11 is 6.20. The Hall–Kier alpha value is -3.01. The highest BCUT2D eigenvalue weighted by molar-refractivity contribution is 6.32. The zero-order valence-corrected chi connectivity index (χ0v) is 20.9. The van der Waals surface area contributed by atoms with E-state index < -0.39 is 11.6 Å². The Balaban J connectivity index is 1.25. The molecule has 2 aliphatic rings. The van der Waals surface area contributed by atoms with Crippen molar-refractivity contribution in [1.29, 1.82) is 0 Å². The fourth-order valence-electron chi connectivity index (χ4n) is 4.77. The first-order valence-electron chi connectivity index (χ1n) is 12.2. The van der Waals surface area contributed by atoms with Gasteiger partial charge in [0.25, 0.3) is 0 Å². The lowest BCUT2D eigenvalue weighted by molar-refractivity contribution is 0.0981. The highest BCUT2D eigenvalue weighted by Crippen LogP contribution is 2.32. The van der Waals surface area contributed by atoms with Crippen LogP contribution in [0.2, 0.25) is 5.02 Å². The molecule has 5 rings (SSSR count). The van der Waals surface area contributed by atoms with E-state index in [0.29, 0.717) is 35.7 Å². The number of likely N-dealkylation sites (N-methyl/N-ethyl adjacent to an activating group) is 1. The molecule has 0 atom stereocenters. The summed E-state index contributed by atoms with van der Waals surface area (Å²) in [5, 5.41) is 6.11. The average molecular weight is 513 g/mol. The van der Waals surface area contributed by atoms with E-state index in [1.165, 1.54) is 12.3 Å². The van der Waals surface area contributed by atoms with Crippen molar-refractivity contribution in [1.82, 2.24) is 19.8 Å². The molecule has 2 aromatic carbocycles. The Bertz CT molecular complexity index is 1180. The predicted molar refractivity (Wildman–Crippen MR) is 140 cm³/mol. The number of halogens is 3. The van der Waals surface area contributed by atoms with E-state index in [2.05, 4.69) is 43.5 Å². The summed E-state index contributed by atoms with van der Waals surface area (Å²) in [5.41, 5.74) is 0.916. The van der Waals surface area contributed by atoms with E-state index in [4.69, 9.17) is 11.6 Å². The molecule has 0 aliphatic carbocycles. The molecule has 3 aromatic rings. The van der Waals surface area contributed by atoms with Crippen LogP contribution < -0.4 is 15.5 Å². The number of anilines is 5. The van der Waals surface area contributed by atoms with E-state index >= 15 is 8.78 Å². The first kappa shape index (κ1) is 24.7. The number of nitrogens with zero attached hydrogens (tertiary/aromatic N) is 5. The Kier molecular flexibility index (Phi) is 7.50. The van der Waals surface area contributed by atoms with Gasteiger partial charge < -0.3 is 20.4 Å². The van der Waals surface area contributed by atoms with Crippen LogP contribution in [0, 0.1) is 17.7 Å². The minimum absolute atomic E-state index is 0.0388. The van der Waals surface area contributed by atoms with Crippen molar-refractivity contribution >= 4 is 40.4 Å². The van der Waals surface area contributed by atoms with E-state index in [0.717, 1.165) is 39.0 Å². The van der Waals surface area contributed by atoms with Crippen molar-refractivity contribution in [2.24, 2.45) is 0 Å². The predicted octanol–water partition coefficient (Wildman–Crippen LogP) is 4.91. The number of para-hydroxylation sites is 1. The number of hydrogen-bond acceptors (Lipinski definition) is 7. The number of hydrogen-bond donors (Lipinski definition) is 2. The van der Waals surface area contributed by atoms with Gasteiger partial charge in [-0.25, -0.2) is 13.8 Å². The van der Waals surface area contributed by atoms with Crippen molar-refractivity contribution in [3.8, 4) is 0 Å². The van der Waals surface area contributed by atoms with Gasteiger partial charge in [0.2, 0.25) is 5.95 Å². The number of piperazine rings is 1. The van der Waals surface area contributed by atoms with Crippen LogP contribution in [0.5, 0.6) is 0 Å². The van der Waals surface area contributed by atoms with Crippen molar-refractivity contribution in [3.63, 3.8) is 0 Å². The Morgan fingerprint density at radius 1 is 0.972 bits per heavy atom. The van der Waals surface area contributed by atoms with Crippen molar-refractivity contribution < 1.29 is 8.78 Å². The molecular weight excluding hydrogens is 484 g/mol. The monoisotopic (exact) mass is 512 g/mol. The number of rotatable bonds is 6. The maximum Gasteiger partial charge on any atom is 0.229 e. The van der Waals surface area contributed by atoms with Crippen molar-refractivity contribution in [3.05, 3.63) is 65.3 Å². The normalized spacial score (nSPS) is 17.8. The van der Waals surface area contributed by atoms with Gasteiger partial charge in [0.05, 0.1) is 17.6 Å². The van der Waals surface area contributed by atoms with Gasteiger partial charge in [0, 0.05) is 57.1 Å². The highest BCUT2D eigenvalue weighted by atomic mass is 35.5. The zero-order chi connectivity index (χ0) is 25.1. The van der Waals surface area contributed by atoms with Crippen LogP contribution in [0.1, 0.15) is 12.8 Å². The maximum absolute atomic E-state index is 15.1. The molecule has 10 heteroatoms. The summed E-state index contributed by atoms with van der Waals surface area (Å²) in [5.74, 6) is -1.41.